The van der Waals surface area contributed by atoms with Crippen molar-refractivity contribution in [1.82, 2.24) is 0 Å². The van der Waals surface area contributed by atoms with E-state index in [-0.39, 0.29) is 0 Å². The summed E-state index contributed by atoms with van der Waals surface area (Å²) in [5, 5.41) is 0. The van der Waals surface area contributed by atoms with Gasteiger partial charge in [0.05, 0.1) is 0 Å². The van der Waals surface area contributed by atoms with Crippen LogP contribution >= 0.6 is 0 Å². The Balaban J connectivity index is 2.37. The second-order valence-corrected chi connectivity index (χ2v) is 4.86. The average molecular weight is 246 g/mol. The standard InChI is InChI=1S/C19H18/c1-15(2)19(18-12-9-16(3)10-13-18)14-11-17-7-5-4-6-8-17/h4-10,12-13H,1-3H3. The Morgan fingerprint density at radius 3 is 2.05 bits per heavy atom. The van der Waals surface area contributed by atoms with Crippen LogP contribution in [0.2, 0.25) is 0 Å². The van der Waals surface area contributed by atoms with Crippen molar-refractivity contribution >= 4 is 5.57 Å². The van der Waals surface area contributed by atoms with Gasteiger partial charge in [0, 0.05) is 11.1 Å². The number of benzene rings is 2. The Labute approximate surface area is 115 Å². The molecule has 0 saturated carbocycles. The Morgan fingerprint density at radius 1 is 0.842 bits per heavy atom. The van der Waals surface area contributed by atoms with Crippen molar-refractivity contribution in [1.29, 1.82) is 0 Å². The molecule has 0 saturated heterocycles. The monoisotopic (exact) mass is 246 g/mol. The molecule has 0 spiro atoms. The summed E-state index contributed by atoms with van der Waals surface area (Å²) in [6.45, 7) is 6.31. The summed E-state index contributed by atoms with van der Waals surface area (Å²) in [4.78, 5) is 0. The number of aryl methyl sites for hydroxylation is 1. The van der Waals surface area contributed by atoms with Crippen LogP contribution in [0.25, 0.3) is 5.57 Å². The maximum atomic E-state index is 3.30. The van der Waals surface area contributed by atoms with Gasteiger partial charge in [-0.1, -0.05) is 65.4 Å². The lowest BCUT2D eigenvalue weighted by atomic mass is 10.0. The van der Waals surface area contributed by atoms with Gasteiger partial charge in [0.15, 0.2) is 0 Å². The van der Waals surface area contributed by atoms with E-state index in [4.69, 9.17) is 0 Å². The van der Waals surface area contributed by atoms with Gasteiger partial charge in [-0.05, 0) is 38.5 Å². The fourth-order valence-corrected chi connectivity index (χ4v) is 1.86. The van der Waals surface area contributed by atoms with Crippen molar-refractivity contribution < 1.29 is 0 Å². The van der Waals surface area contributed by atoms with E-state index in [2.05, 4.69) is 56.9 Å². The van der Waals surface area contributed by atoms with Gasteiger partial charge in [-0.15, -0.1) is 0 Å². The fraction of sp³-hybridized carbons (Fsp3) is 0.158. The van der Waals surface area contributed by atoms with E-state index in [1.165, 1.54) is 16.7 Å². The third-order valence-electron chi connectivity index (χ3n) is 2.95. The molecular weight excluding hydrogens is 228 g/mol. The van der Waals surface area contributed by atoms with Crippen LogP contribution in [0.5, 0.6) is 0 Å². The Morgan fingerprint density at radius 2 is 1.47 bits per heavy atom. The van der Waals surface area contributed by atoms with Gasteiger partial charge in [0.2, 0.25) is 0 Å². The van der Waals surface area contributed by atoms with Crippen molar-refractivity contribution in [3.05, 3.63) is 76.9 Å². The van der Waals surface area contributed by atoms with E-state index in [1.807, 2.05) is 30.3 Å². The second kappa shape index (κ2) is 6.07. The number of hydrogen-bond donors (Lipinski definition) is 0. The fourth-order valence-electron chi connectivity index (χ4n) is 1.86. The minimum absolute atomic E-state index is 1.05. The maximum absolute atomic E-state index is 3.30. The van der Waals surface area contributed by atoms with E-state index < -0.39 is 0 Å². The molecule has 2 rings (SSSR count). The Bertz CT molecular complexity index is 628. The van der Waals surface area contributed by atoms with Crippen molar-refractivity contribution in [2.24, 2.45) is 0 Å². The summed E-state index contributed by atoms with van der Waals surface area (Å²) in [6.07, 6.45) is 0. The molecule has 0 heteroatoms. The molecular formula is C19H18. The molecule has 0 radical (unpaired) electrons. The first-order chi connectivity index (χ1) is 9.16. The highest BCUT2D eigenvalue weighted by Gasteiger charge is 2.00. The van der Waals surface area contributed by atoms with Crippen LogP contribution in [0, 0.1) is 18.8 Å². The van der Waals surface area contributed by atoms with Gasteiger partial charge in [-0.3, -0.25) is 0 Å². The normalized spacial score (nSPS) is 9.42. The van der Waals surface area contributed by atoms with Crippen LogP contribution in [-0.2, 0) is 0 Å². The van der Waals surface area contributed by atoms with E-state index in [1.54, 1.807) is 0 Å². The predicted octanol–water partition coefficient (Wildman–Crippen LogP) is 4.84. The molecule has 0 fully saturated rings. The van der Waals surface area contributed by atoms with Crippen LogP contribution in [-0.4, -0.2) is 0 Å². The van der Waals surface area contributed by atoms with E-state index >= 15 is 0 Å². The van der Waals surface area contributed by atoms with Crippen LogP contribution in [0.4, 0.5) is 0 Å². The summed E-state index contributed by atoms with van der Waals surface area (Å²) in [5.74, 6) is 6.53. The van der Waals surface area contributed by atoms with Gasteiger partial charge >= 0.3 is 0 Å². The lowest BCUT2D eigenvalue weighted by Gasteiger charge is -2.03. The molecule has 0 atom stereocenters. The quantitative estimate of drug-likeness (QED) is 0.632. The summed E-state index contributed by atoms with van der Waals surface area (Å²) < 4.78 is 0. The van der Waals surface area contributed by atoms with Gasteiger partial charge in [-0.25, -0.2) is 0 Å². The first-order valence-electron chi connectivity index (χ1n) is 6.48. The third-order valence-corrected chi connectivity index (χ3v) is 2.95. The van der Waals surface area contributed by atoms with Crippen molar-refractivity contribution in [2.45, 2.75) is 20.8 Å². The SMILES string of the molecule is CC(C)=C(C#Cc1ccccc1)c1ccc(C)cc1. The van der Waals surface area contributed by atoms with Crippen LogP contribution < -0.4 is 0 Å². The largest absolute Gasteiger partial charge is 0.0622 e. The smallest absolute Gasteiger partial charge is 0.0307 e. The van der Waals surface area contributed by atoms with Gasteiger partial charge in [0.25, 0.3) is 0 Å². The summed E-state index contributed by atoms with van der Waals surface area (Å²) in [5.41, 5.74) is 5.87. The van der Waals surface area contributed by atoms with Gasteiger partial charge in [0.1, 0.15) is 0 Å². The Kier molecular flexibility index (Phi) is 4.21. The van der Waals surface area contributed by atoms with Gasteiger partial charge in [-0.2, -0.15) is 0 Å². The molecule has 19 heavy (non-hydrogen) atoms. The van der Waals surface area contributed by atoms with Crippen molar-refractivity contribution in [2.75, 3.05) is 0 Å². The number of allylic oxidation sites excluding steroid dienone is 2. The molecule has 0 bridgehead atoms. The molecule has 0 nitrogen and oxygen atoms in total. The Hall–Kier alpha value is -2.26. The molecule has 0 aliphatic carbocycles. The summed E-state index contributed by atoms with van der Waals surface area (Å²) >= 11 is 0. The highest BCUT2D eigenvalue weighted by atomic mass is 14.0. The molecule has 2 aromatic carbocycles. The highest BCUT2D eigenvalue weighted by Crippen LogP contribution is 2.18. The van der Waals surface area contributed by atoms with Crippen molar-refractivity contribution in [3.63, 3.8) is 0 Å². The molecule has 0 unspecified atom stereocenters. The summed E-state index contributed by atoms with van der Waals surface area (Å²) in [6, 6.07) is 18.6. The zero-order valence-electron chi connectivity index (χ0n) is 11.7. The molecule has 0 N–H and O–H groups in total. The molecule has 0 heterocycles. The highest BCUT2D eigenvalue weighted by molar-refractivity contribution is 5.81. The summed E-state index contributed by atoms with van der Waals surface area (Å²) in [7, 11) is 0. The molecule has 0 amide bonds. The zero-order chi connectivity index (χ0) is 13.7. The van der Waals surface area contributed by atoms with Crippen LogP contribution in [0.15, 0.2) is 60.2 Å². The third kappa shape index (κ3) is 3.60. The average Bonchev–Trinajstić information content (AvgIpc) is 2.42. The zero-order valence-corrected chi connectivity index (χ0v) is 11.7. The maximum Gasteiger partial charge on any atom is 0.0307 e. The predicted molar refractivity (Wildman–Crippen MR) is 82.8 cm³/mol. The van der Waals surface area contributed by atoms with E-state index in [0.29, 0.717) is 0 Å². The lowest BCUT2D eigenvalue weighted by Crippen LogP contribution is -1.85. The number of hydrogen-bond acceptors (Lipinski definition) is 0. The van der Waals surface area contributed by atoms with Crippen LogP contribution in [0.1, 0.15) is 30.5 Å². The first-order valence-corrected chi connectivity index (χ1v) is 6.48. The lowest BCUT2D eigenvalue weighted by molar-refractivity contribution is 1.39. The second-order valence-electron chi connectivity index (χ2n) is 4.86. The van der Waals surface area contributed by atoms with Crippen molar-refractivity contribution in [3.8, 4) is 11.8 Å². The minimum atomic E-state index is 1.05. The minimum Gasteiger partial charge on any atom is -0.0622 e. The van der Waals surface area contributed by atoms with Gasteiger partial charge < -0.3 is 0 Å². The molecule has 0 aliphatic heterocycles. The van der Waals surface area contributed by atoms with E-state index in [9.17, 15) is 0 Å². The first kappa shape index (κ1) is 13.2. The number of rotatable bonds is 1. The molecule has 94 valence electrons. The topological polar surface area (TPSA) is 0 Å². The molecule has 2 aromatic rings. The molecule has 0 aliphatic rings. The van der Waals surface area contributed by atoms with Crippen LogP contribution in [0.3, 0.4) is 0 Å². The van der Waals surface area contributed by atoms with E-state index in [0.717, 1.165) is 11.1 Å². The molecule has 0 aromatic heterocycles.